The van der Waals surface area contributed by atoms with Crippen molar-refractivity contribution in [1.82, 2.24) is 0 Å². The van der Waals surface area contributed by atoms with E-state index in [-0.39, 0.29) is 12.2 Å². The lowest BCUT2D eigenvalue weighted by atomic mass is 9.85. The van der Waals surface area contributed by atoms with Gasteiger partial charge < -0.3 is 10.1 Å². The number of carbonyl (C=O) groups is 2. The Morgan fingerprint density at radius 2 is 2.04 bits per heavy atom. The maximum Gasteiger partial charge on any atom is 0.341 e. The number of rotatable bonds is 5. The van der Waals surface area contributed by atoms with Crippen LogP contribution in [0.25, 0.3) is 0 Å². The molecule has 1 aromatic carbocycles. The molecule has 7 heteroatoms. The Balaban J connectivity index is 1.93. The first-order valence-corrected chi connectivity index (χ1v) is 9.84. The molecular weight excluding hydrogens is 372 g/mol. The molecule has 1 N–H and O–H groups in total. The number of carbonyl (C=O) groups excluding carboxylic acids is 2. The minimum atomic E-state index is -1.09. The van der Waals surface area contributed by atoms with Gasteiger partial charge in [0, 0.05) is 10.4 Å². The Hall–Kier alpha value is -2.28. The number of nitrogens with one attached hydrogen (secondary N) is 1. The summed E-state index contributed by atoms with van der Waals surface area (Å²) in [6, 6.07) is 2.95. The van der Waals surface area contributed by atoms with Crippen LogP contribution in [0.4, 0.5) is 13.8 Å². The zero-order valence-electron chi connectivity index (χ0n) is 15.2. The average Bonchev–Trinajstić information content (AvgIpc) is 3.00. The summed E-state index contributed by atoms with van der Waals surface area (Å²) in [5, 5.41) is 3.10. The highest BCUT2D eigenvalue weighted by Crippen LogP contribution is 2.41. The highest BCUT2D eigenvalue weighted by atomic mass is 32.1. The summed E-state index contributed by atoms with van der Waals surface area (Å²) in [6.07, 6.45) is 3.68. The second kappa shape index (κ2) is 8.17. The Morgan fingerprint density at radius 3 is 2.70 bits per heavy atom. The summed E-state index contributed by atoms with van der Waals surface area (Å²) >= 11 is 1.37. The lowest BCUT2D eigenvalue weighted by Crippen LogP contribution is -2.17. The predicted octanol–water partition coefficient (Wildman–Crippen LogP) is 4.97. The van der Waals surface area contributed by atoms with Crippen molar-refractivity contribution in [2.75, 3.05) is 11.9 Å². The number of fused-ring (bicyclic) bond motifs is 1. The molecule has 1 atom stereocenters. The summed E-state index contributed by atoms with van der Waals surface area (Å²) in [5.41, 5.74) is 1.31. The van der Waals surface area contributed by atoms with Crippen LogP contribution in [0.2, 0.25) is 0 Å². The van der Waals surface area contributed by atoms with Crippen LogP contribution in [0.15, 0.2) is 18.2 Å². The van der Waals surface area contributed by atoms with E-state index in [0.717, 1.165) is 48.3 Å². The molecule has 3 rings (SSSR count). The van der Waals surface area contributed by atoms with Gasteiger partial charge in [-0.1, -0.05) is 13.3 Å². The fraction of sp³-hybridized carbons (Fsp3) is 0.400. The molecule has 0 saturated carbocycles. The number of ether oxygens (including phenoxy) is 1. The van der Waals surface area contributed by atoms with Crippen molar-refractivity contribution >= 4 is 28.2 Å². The van der Waals surface area contributed by atoms with E-state index in [1.54, 1.807) is 6.92 Å². The highest BCUT2D eigenvalue weighted by molar-refractivity contribution is 7.17. The number of anilines is 1. The third kappa shape index (κ3) is 4.03. The Labute approximate surface area is 160 Å². The summed E-state index contributed by atoms with van der Waals surface area (Å²) in [7, 11) is 0. The summed E-state index contributed by atoms with van der Waals surface area (Å²) in [4.78, 5) is 26.1. The van der Waals surface area contributed by atoms with Crippen molar-refractivity contribution < 1.29 is 23.1 Å². The zero-order valence-corrected chi connectivity index (χ0v) is 16.1. The van der Waals surface area contributed by atoms with Crippen LogP contribution in [-0.4, -0.2) is 18.5 Å². The molecule has 0 saturated heterocycles. The zero-order chi connectivity index (χ0) is 19.6. The van der Waals surface area contributed by atoms with Gasteiger partial charge in [0.2, 0.25) is 0 Å². The van der Waals surface area contributed by atoms with Gasteiger partial charge in [-0.25, -0.2) is 13.6 Å². The molecule has 0 fully saturated rings. The quantitative estimate of drug-likeness (QED) is 0.730. The van der Waals surface area contributed by atoms with Crippen molar-refractivity contribution in [3.63, 3.8) is 0 Å². The van der Waals surface area contributed by atoms with Crippen molar-refractivity contribution in [3.8, 4) is 0 Å². The van der Waals surface area contributed by atoms with Crippen LogP contribution in [0, 0.1) is 17.6 Å². The van der Waals surface area contributed by atoms with Gasteiger partial charge in [-0.15, -0.1) is 11.3 Å². The Morgan fingerprint density at radius 1 is 1.26 bits per heavy atom. The third-order valence-electron chi connectivity index (χ3n) is 4.83. The average molecular weight is 393 g/mol. The van der Waals surface area contributed by atoms with E-state index in [0.29, 0.717) is 16.5 Å². The molecular formula is C20H21F2NO3S. The largest absolute Gasteiger partial charge is 0.462 e. The first-order valence-electron chi connectivity index (χ1n) is 9.02. The van der Waals surface area contributed by atoms with E-state index < -0.39 is 23.5 Å². The molecule has 27 heavy (non-hydrogen) atoms. The molecule has 1 amide bonds. The lowest BCUT2D eigenvalue weighted by Gasteiger charge is -2.20. The summed E-state index contributed by atoms with van der Waals surface area (Å²) < 4.78 is 31.7. The molecule has 0 unspecified atom stereocenters. The fourth-order valence-corrected chi connectivity index (χ4v) is 4.67. The van der Waals surface area contributed by atoms with Gasteiger partial charge in [-0.05, 0) is 55.9 Å². The van der Waals surface area contributed by atoms with Crippen LogP contribution >= 0.6 is 11.3 Å². The second-order valence-corrected chi connectivity index (χ2v) is 7.63. The van der Waals surface area contributed by atoms with Crippen molar-refractivity contribution in [1.29, 1.82) is 0 Å². The highest BCUT2D eigenvalue weighted by Gasteiger charge is 2.30. The normalized spacial score (nSPS) is 15.9. The van der Waals surface area contributed by atoms with E-state index >= 15 is 0 Å². The Kier molecular flexibility index (Phi) is 5.89. The topological polar surface area (TPSA) is 55.4 Å². The van der Waals surface area contributed by atoms with Crippen molar-refractivity contribution in [2.24, 2.45) is 5.92 Å². The number of benzene rings is 1. The van der Waals surface area contributed by atoms with E-state index in [1.807, 2.05) is 0 Å². The van der Waals surface area contributed by atoms with Gasteiger partial charge in [0.05, 0.1) is 12.2 Å². The number of hydrogen-bond acceptors (Lipinski definition) is 4. The summed E-state index contributed by atoms with van der Waals surface area (Å²) in [6.45, 7) is 4.10. The molecule has 0 spiro atoms. The Bertz CT molecular complexity index is 878. The number of hydrogen-bond donors (Lipinski definition) is 1. The van der Waals surface area contributed by atoms with Gasteiger partial charge in [0.15, 0.2) is 11.6 Å². The molecule has 1 aliphatic rings. The van der Waals surface area contributed by atoms with Crippen LogP contribution in [0.5, 0.6) is 0 Å². The van der Waals surface area contributed by atoms with Crippen LogP contribution < -0.4 is 5.32 Å². The first kappa shape index (κ1) is 19.5. The molecule has 1 aliphatic carbocycles. The molecule has 1 aromatic heterocycles. The van der Waals surface area contributed by atoms with Gasteiger partial charge >= 0.3 is 5.97 Å². The molecule has 2 aromatic rings. The van der Waals surface area contributed by atoms with Crippen LogP contribution in [0.1, 0.15) is 57.8 Å². The van der Waals surface area contributed by atoms with Crippen LogP contribution in [-0.2, 0) is 17.6 Å². The first-order chi connectivity index (χ1) is 12.9. The standard InChI is InChI=1S/C20H21F2NO3S/c1-3-11-5-7-13-16(9-11)27-19(17(13)20(25)26-4-2)23-18(24)12-6-8-14(21)15(22)10-12/h6,8,10-11H,3-5,7,9H2,1-2H3,(H,23,24)/t11-/m0/s1. The van der Waals surface area contributed by atoms with E-state index in [1.165, 1.54) is 17.4 Å². The number of halogens is 2. The minimum absolute atomic E-state index is 0.0125. The SMILES string of the molecule is CCOC(=O)c1c(NC(=O)c2ccc(F)c(F)c2)sc2c1CC[C@H](CC)C2. The maximum atomic E-state index is 13.4. The van der Waals surface area contributed by atoms with Gasteiger partial charge in [0.1, 0.15) is 5.00 Å². The molecule has 0 radical (unpaired) electrons. The van der Waals surface area contributed by atoms with Crippen molar-refractivity contribution in [2.45, 2.75) is 39.5 Å². The maximum absolute atomic E-state index is 13.4. The smallest absolute Gasteiger partial charge is 0.341 e. The second-order valence-electron chi connectivity index (χ2n) is 6.53. The van der Waals surface area contributed by atoms with E-state index in [9.17, 15) is 18.4 Å². The van der Waals surface area contributed by atoms with E-state index in [4.69, 9.17) is 4.74 Å². The predicted molar refractivity (Wildman–Crippen MR) is 100 cm³/mol. The number of amides is 1. The van der Waals surface area contributed by atoms with E-state index in [2.05, 4.69) is 12.2 Å². The molecule has 4 nitrogen and oxygen atoms in total. The van der Waals surface area contributed by atoms with Gasteiger partial charge in [0.25, 0.3) is 5.91 Å². The fourth-order valence-electron chi connectivity index (χ4n) is 3.32. The minimum Gasteiger partial charge on any atom is -0.462 e. The molecule has 144 valence electrons. The summed E-state index contributed by atoms with van der Waals surface area (Å²) in [5.74, 6) is -2.61. The molecule has 0 aliphatic heterocycles. The lowest BCUT2D eigenvalue weighted by molar-refractivity contribution is 0.0526. The monoisotopic (exact) mass is 393 g/mol. The van der Waals surface area contributed by atoms with Crippen molar-refractivity contribution in [3.05, 3.63) is 51.4 Å². The van der Waals surface area contributed by atoms with Gasteiger partial charge in [-0.3, -0.25) is 4.79 Å². The van der Waals surface area contributed by atoms with Crippen LogP contribution in [0.3, 0.4) is 0 Å². The number of thiophene rings is 1. The molecule has 0 bridgehead atoms. The number of esters is 1. The van der Waals surface area contributed by atoms with Gasteiger partial charge in [-0.2, -0.15) is 0 Å². The molecule has 1 heterocycles. The third-order valence-corrected chi connectivity index (χ3v) is 6.00.